The van der Waals surface area contributed by atoms with Gasteiger partial charge in [0, 0.05) is 12.7 Å². The maximum absolute atomic E-state index is 8.66. The van der Waals surface area contributed by atoms with Gasteiger partial charge in [-0.3, -0.25) is 4.98 Å². The monoisotopic (exact) mass is 276 g/mol. The number of hydrogen-bond acceptors (Lipinski definition) is 4. The fourth-order valence-corrected chi connectivity index (χ4v) is 2.87. The van der Waals surface area contributed by atoms with Gasteiger partial charge < -0.3 is 16.3 Å². The molecule has 0 saturated heterocycles. The maximum Gasteiger partial charge on any atom is 0.188 e. The summed E-state index contributed by atoms with van der Waals surface area (Å²) in [4.78, 5) is 4.08. The van der Waals surface area contributed by atoms with E-state index in [1.807, 2.05) is 12.1 Å². The van der Waals surface area contributed by atoms with Gasteiger partial charge >= 0.3 is 0 Å². The molecule has 5 heteroatoms. The second-order valence-electron chi connectivity index (χ2n) is 5.69. The number of amidine groups is 1. The quantitative estimate of drug-likeness (QED) is 0.333. The molecule has 1 fully saturated rings. The molecule has 1 saturated carbocycles. The second-order valence-corrected chi connectivity index (χ2v) is 5.69. The summed E-state index contributed by atoms with van der Waals surface area (Å²) in [6.45, 7) is 4.20. The maximum atomic E-state index is 8.66. The summed E-state index contributed by atoms with van der Waals surface area (Å²) in [6.07, 6.45) is 7.12. The van der Waals surface area contributed by atoms with E-state index in [4.69, 9.17) is 10.9 Å². The molecule has 2 atom stereocenters. The summed E-state index contributed by atoms with van der Waals surface area (Å²) in [6, 6.07) is 3.80. The zero-order valence-electron chi connectivity index (χ0n) is 12.0. The molecule has 4 N–H and O–H groups in total. The lowest BCUT2D eigenvalue weighted by molar-refractivity contribution is 0.247. The average molecular weight is 276 g/mol. The number of hydrogen-bond donors (Lipinski definition) is 3. The number of nitrogens with zero attached hydrogens (tertiary/aromatic N) is 2. The van der Waals surface area contributed by atoms with E-state index in [9.17, 15) is 0 Å². The normalized spacial score (nSPS) is 23.8. The Kier molecular flexibility index (Phi) is 5.35. The lowest BCUT2D eigenvalue weighted by Crippen LogP contribution is -2.29. The van der Waals surface area contributed by atoms with Gasteiger partial charge in [0.2, 0.25) is 0 Å². The van der Waals surface area contributed by atoms with E-state index < -0.39 is 0 Å². The lowest BCUT2D eigenvalue weighted by Gasteiger charge is -2.28. The Balaban J connectivity index is 1.84. The molecule has 1 aliphatic rings. The molecule has 0 amide bonds. The van der Waals surface area contributed by atoms with Gasteiger partial charge in [-0.25, -0.2) is 0 Å². The minimum atomic E-state index is 0.0488. The molecule has 1 aliphatic carbocycles. The minimum absolute atomic E-state index is 0.0488. The number of rotatable bonds is 5. The van der Waals surface area contributed by atoms with Gasteiger partial charge in [-0.1, -0.05) is 31.3 Å². The number of nitrogens with two attached hydrogens (primary N) is 1. The van der Waals surface area contributed by atoms with Gasteiger partial charge in [-0.2, -0.15) is 0 Å². The molecule has 1 aromatic heterocycles. The van der Waals surface area contributed by atoms with E-state index in [0.29, 0.717) is 5.69 Å². The fraction of sp³-hybridized carbons (Fsp3) is 0.600. The summed E-state index contributed by atoms with van der Waals surface area (Å²) in [5.74, 6) is 1.66. The molecule has 1 heterocycles. The zero-order valence-corrected chi connectivity index (χ0v) is 12.0. The molecular weight excluding hydrogens is 252 g/mol. The molecule has 0 radical (unpaired) electrons. The summed E-state index contributed by atoms with van der Waals surface area (Å²) in [5, 5.41) is 15.2. The van der Waals surface area contributed by atoms with Crippen LogP contribution in [0.5, 0.6) is 0 Å². The van der Waals surface area contributed by atoms with Crippen molar-refractivity contribution in [3.8, 4) is 0 Å². The number of oxime groups is 1. The first-order valence-corrected chi connectivity index (χ1v) is 7.34. The SMILES string of the molecule is CC1CCCCC1CNCc1ccnc(C(N)=NO)c1. The first kappa shape index (κ1) is 14.8. The predicted octanol–water partition coefficient (Wildman–Crippen LogP) is 2.09. The molecule has 110 valence electrons. The third-order valence-corrected chi connectivity index (χ3v) is 4.22. The van der Waals surface area contributed by atoms with E-state index in [2.05, 4.69) is 22.4 Å². The summed E-state index contributed by atoms with van der Waals surface area (Å²) >= 11 is 0. The van der Waals surface area contributed by atoms with Crippen molar-refractivity contribution in [3.63, 3.8) is 0 Å². The summed E-state index contributed by atoms with van der Waals surface area (Å²) in [7, 11) is 0. The van der Waals surface area contributed by atoms with E-state index in [1.165, 1.54) is 25.7 Å². The van der Waals surface area contributed by atoms with E-state index in [0.717, 1.165) is 30.5 Å². The molecule has 2 rings (SSSR count). The van der Waals surface area contributed by atoms with E-state index in [1.54, 1.807) is 6.20 Å². The smallest absolute Gasteiger partial charge is 0.188 e. The van der Waals surface area contributed by atoms with Crippen LogP contribution >= 0.6 is 0 Å². The standard InChI is InChI=1S/C15H24N4O/c1-11-4-2-3-5-13(11)10-17-9-12-6-7-18-14(8-12)15(16)19-20/h6-8,11,13,17,20H,2-5,9-10H2,1H3,(H2,16,19). The van der Waals surface area contributed by atoms with Crippen LogP contribution in [-0.4, -0.2) is 22.6 Å². The Morgan fingerprint density at radius 1 is 1.50 bits per heavy atom. The van der Waals surface area contributed by atoms with Crippen LogP contribution in [0, 0.1) is 11.8 Å². The van der Waals surface area contributed by atoms with Gasteiger partial charge in [0.05, 0.1) is 0 Å². The molecule has 1 aromatic rings. The zero-order chi connectivity index (χ0) is 14.4. The van der Waals surface area contributed by atoms with Gasteiger partial charge in [0.25, 0.3) is 0 Å². The molecule has 0 aromatic carbocycles. The largest absolute Gasteiger partial charge is 0.409 e. The number of pyridine rings is 1. The van der Waals surface area contributed by atoms with Crippen molar-refractivity contribution in [1.82, 2.24) is 10.3 Å². The molecule has 20 heavy (non-hydrogen) atoms. The molecule has 0 spiro atoms. The van der Waals surface area contributed by atoms with Crippen LogP contribution in [0.3, 0.4) is 0 Å². The van der Waals surface area contributed by atoms with Crippen molar-refractivity contribution >= 4 is 5.84 Å². The Morgan fingerprint density at radius 2 is 2.30 bits per heavy atom. The van der Waals surface area contributed by atoms with Gasteiger partial charge in [-0.15, -0.1) is 0 Å². The Morgan fingerprint density at radius 3 is 3.05 bits per heavy atom. The van der Waals surface area contributed by atoms with Crippen molar-refractivity contribution < 1.29 is 5.21 Å². The highest BCUT2D eigenvalue weighted by Crippen LogP contribution is 2.28. The van der Waals surface area contributed by atoms with Crippen LogP contribution in [0.1, 0.15) is 43.9 Å². The average Bonchev–Trinajstić information content (AvgIpc) is 2.49. The van der Waals surface area contributed by atoms with Gasteiger partial charge in [-0.05, 0) is 42.5 Å². The van der Waals surface area contributed by atoms with Crippen LogP contribution in [0.25, 0.3) is 0 Å². The lowest BCUT2D eigenvalue weighted by atomic mass is 9.80. The predicted molar refractivity (Wildman–Crippen MR) is 79.6 cm³/mol. The summed E-state index contributed by atoms with van der Waals surface area (Å²) < 4.78 is 0. The first-order chi connectivity index (χ1) is 9.70. The van der Waals surface area contributed by atoms with Gasteiger partial charge in [0.1, 0.15) is 5.69 Å². The van der Waals surface area contributed by atoms with Gasteiger partial charge in [0.15, 0.2) is 5.84 Å². The van der Waals surface area contributed by atoms with Crippen LogP contribution < -0.4 is 11.1 Å². The van der Waals surface area contributed by atoms with Crippen molar-refractivity contribution in [1.29, 1.82) is 0 Å². The van der Waals surface area contributed by atoms with Crippen LogP contribution in [0.2, 0.25) is 0 Å². The van der Waals surface area contributed by atoms with Crippen molar-refractivity contribution in [2.45, 2.75) is 39.2 Å². The minimum Gasteiger partial charge on any atom is -0.409 e. The van der Waals surface area contributed by atoms with Crippen LogP contribution in [-0.2, 0) is 6.54 Å². The molecule has 0 bridgehead atoms. The Labute approximate surface area is 120 Å². The highest BCUT2D eigenvalue weighted by atomic mass is 16.4. The first-order valence-electron chi connectivity index (χ1n) is 7.34. The summed E-state index contributed by atoms with van der Waals surface area (Å²) in [5.41, 5.74) is 7.16. The molecular formula is C15H24N4O. The number of nitrogens with one attached hydrogen (secondary N) is 1. The highest BCUT2D eigenvalue weighted by Gasteiger charge is 2.20. The van der Waals surface area contributed by atoms with Crippen molar-refractivity contribution in [3.05, 3.63) is 29.6 Å². The number of aromatic nitrogens is 1. The Hall–Kier alpha value is -1.62. The molecule has 5 nitrogen and oxygen atoms in total. The van der Waals surface area contributed by atoms with Crippen molar-refractivity contribution in [2.75, 3.05) is 6.54 Å². The van der Waals surface area contributed by atoms with Crippen LogP contribution in [0.15, 0.2) is 23.5 Å². The second kappa shape index (κ2) is 7.24. The highest BCUT2D eigenvalue weighted by molar-refractivity contribution is 5.95. The topological polar surface area (TPSA) is 83.5 Å². The fourth-order valence-electron chi connectivity index (χ4n) is 2.87. The van der Waals surface area contributed by atoms with E-state index >= 15 is 0 Å². The van der Waals surface area contributed by atoms with Crippen LogP contribution in [0.4, 0.5) is 0 Å². The van der Waals surface area contributed by atoms with Crippen molar-refractivity contribution in [2.24, 2.45) is 22.7 Å². The molecule has 0 aliphatic heterocycles. The van der Waals surface area contributed by atoms with E-state index in [-0.39, 0.29) is 5.84 Å². The molecule has 2 unspecified atom stereocenters. The third kappa shape index (κ3) is 3.93. The third-order valence-electron chi connectivity index (χ3n) is 4.22. The Bertz CT molecular complexity index is 461.